The number of aliphatic hydroxyl groups excluding tert-OH is 1. The lowest BCUT2D eigenvalue weighted by Crippen LogP contribution is -2.57. The monoisotopic (exact) mass is 490 g/mol. The van der Waals surface area contributed by atoms with Crippen LogP contribution in [-0.4, -0.2) is 76.2 Å². The highest BCUT2D eigenvalue weighted by Gasteiger charge is 2.29. The number of carbonyl (C=O) groups excluding carboxylic acids is 3. The number of hydrogen-bond acceptors (Lipinski definition) is 7. The summed E-state index contributed by atoms with van der Waals surface area (Å²) in [5, 5.41) is 26.6. The van der Waals surface area contributed by atoms with E-state index in [1.165, 1.54) is 6.92 Å². The lowest BCUT2D eigenvalue weighted by Gasteiger charge is -2.23. The largest absolute Gasteiger partial charge is 0.480 e. The number of rotatable bonds is 14. The van der Waals surface area contributed by atoms with Crippen LogP contribution in [0.3, 0.4) is 0 Å². The second-order valence-corrected chi connectivity index (χ2v) is 8.33. The molecule has 10 N–H and O–H groups in total. The first-order valence-electron chi connectivity index (χ1n) is 11.4. The van der Waals surface area contributed by atoms with Crippen molar-refractivity contribution >= 4 is 34.6 Å². The van der Waals surface area contributed by atoms with E-state index >= 15 is 0 Å². The third kappa shape index (κ3) is 8.05. The number of nitrogens with one attached hydrogen (secondary N) is 4. The smallest absolute Gasteiger partial charge is 0.328 e. The molecule has 0 aliphatic rings. The molecule has 1 aromatic carbocycles. The summed E-state index contributed by atoms with van der Waals surface area (Å²) in [4.78, 5) is 52.4. The lowest BCUT2D eigenvalue weighted by atomic mass is 10.0. The number of carboxylic acid groups (broad SMARTS) is 1. The number of nitrogens with two attached hydrogens (primary N) is 2. The number of aliphatic hydroxyl groups is 1. The third-order valence-electron chi connectivity index (χ3n) is 5.59. The average Bonchev–Trinajstić information content (AvgIpc) is 3.24. The van der Waals surface area contributed by atoms with Crippen molar-refractivity contribution in [3.63, 3.8) is 0 Å². The van der Waals surface area contributed by atoms with E-state index in [1.807, 2.05) is 24.3 Å². The Morgan fingerprint density at radius 2 is 1.69 bits per heavy atom. The molecule has 1 aromatic heterocycles. The van der Waals surface area contributed by atoms with Gasteiger partial charge in [0.2, 0.25) is 17.7 Å². The highest BCUT2D eigenvalue weighted by molar-refractivity contribution is 5.94. The van der Waals surface area contributed by atoms with Gasteiger partial charge in [-0.25, -0.2) is 4.79 Å². The van der Waals surface area contributed by atoms with Gasteiger partial charge in [0.05, 0.1) is 12.6 Å². The Morgan fingerprint density at radius 1 is 1.00 bits per heavy atom. The molecule has 0 fully saturated rings. The molecule has 12 nitrogen and oxygen atoms in total. The zero-order valence-corrected chi connectivity index (χ0v) is 19.6. The molecule has 1 heterocycles. The predicted octanol–water partition coefficient (Wildman–Crippen LogP) is -1.28. The minimum Gasteiger partial charge on any atom is -0.480 e. The molecule has 0 spiro atoms. The molecule has 4 unspecified atom stereocenters. The molecule has 4 atom stereocenters. The molecule has 0 radical (unpaired) electrons. The predicted molar refractivity (Wildman–Crippen MR) is 129 cm³/mol. The molecule has 0 saturated carbocycles. The van der Waals surface area contributed by atoms with Gasteiger partial charge in [0.25, 0.3) is 0 Å². The number of unbranched alkanes of at least 4 members (excludes halogenated alkanes) is 1. The van der Waals surface area contributed by atoms with Crippen LogP contribution in [0.25, 0.3) is 10.9 Å². The van der Waals surface area contributed by atoms with Gasteiger partial charge in [0.15, 0.2) is 0 Å². The van der Waals surface area contributed by atoms with E-state index < -0.39 is 54.5 Å². The Morgan fingerprint density at radius 3 is 2.34 bits per heavy atom. The van der Waals surface area contributed by atoms with Crippen LogP contribution < -0.4 is 27.4 Å². The Bertz CT molecular complexity index is 1020. The maximum absolute atomic E-state index is 12.9. The summed E-state index contributed by atoms with van der Waals surface area (Å²) >= 11 is 0. The van der Waals surface area contributed by atoms with Crippen LogP contribution in [0.1, 0.15) is 31.7 Å². The quantitative estimate of drug-likeness (QED) is 0.149. The number of H-pyrrole nitrogens is 1. The standard InChI is InChI=1S/C23H34N6O6/c1-13(27-21(32)16(25)7-4-5-9-24)20(31)28-18(22(33)29-19(12-30)23(34)35)10-14-11-26-17-8-3-2-6-15(14)17/h2-3,6,8,11,13,16,18-19,26,30H,4-5,7,9-10,12,24-25H2,1H3,(H,27,32)(H,28,31)(H,29,33)(H,34,35). The second-order valence-electron chi connectivity index (χ2n) is 8.33. The van der Waals surface area contributed by atoms with Crippen LogP contribution in [0.2, 0.25) is 0 Å². The minimum atomic E-state index is -1.53. The Hall–Kier alpha value is -3.48. The van der Waals surface area contributed by atoms with E-state index in [0.29, 0.717) is 19.4 Å². The molecule has 2 rings (SSSR count). The number of aliphatic carboxylic acids is 1. The van der Waals surface area contributed by atoms with Crippen molar-refractivity contribution in [1.29, 1.82) is 0 Å². The summed E-state index contributed by atoms with van der Waals surface area (Å²) in [5.74, 6) is -3.36. The molecule has 2 aromatic rings. The summed E-state index contributed by atoms with van der Waals surface area (Å²) in [6, 6.07) is 2.86. The zero-order valence-electron chi connectivity index (χ0n) is 19.6. The van der Waals surface area contributed by atoms with Crippen molar-refractivity contribution < 1.29 is 29.4 Å². The average molecular weight is 491 g/mol. The van der Waals surface area contributed by atoms with E-state index in [2.05, 4.69) is 20.9 Å². The van der Waals surface area contributed by atoms with Gasteiger partial charge in [0, 0.05) is 23.5 Å². The van der Waals surface area contributed by atoms with Gasteiger partial charge >= 0.3 is 5.97 Å². The van der Waals surface area contributed by atoms with Crippen LogP contribution in [-0.2, 0) is 25.6 Å². The summed E-state index contributed by atoms with van der Waals surface area (Å²) in [6.07, 6.45) is 3.56. The first-order chi connectivity index (χ1) is 16.7. The van der Waals surface area contributed by atoms with Crippen molar-refractivity contribution in [3.8, 4) is 0 Å². The fourth-order valence-electron chi connectivity index (χ4n) is 3.51. The first kappa shape index (κ1) is 27.8. The van der Waals surface area contributed by atoms with Crippen molar-refractivity contribution in [2.75, 3.05) is 13.2 Å². The van der Waals surface area contributed by atoms with Crippen LogP contribution in [0, 0.1) is 0 Å². The molecule has 0 bridgehead atoms. The molecule has 3 amide bonds. The second kappa shape index (κ2) is 13.4. The minimum absolute atomic E-state index is 0.0403. The number of aromatic nitrogens is 1. The van der Waals surface area contributed by atoms with Gasteiger partial charge in [0.1, 0.15) is 18.1 Å². The number of para-hydroxylation sites is 1. The van der Waals surface area contributed by atoms with Crippen molar-refractivity contribution in [2.45, 2.75) is 56.8 Å². The third-order valence-corrected chi connectivity index (χ3v) is 5.59. The summed E-state index contributed by atoms with van der Waals surface area (Å²) < 4.78 is 0. The SMILES string of the molecule is CC(NC(=O)C(N)CCCCN)C(=O)NC(Cc1c[nH]c2ccccc12)C(=O)NC(CO)C(=O)O. The van der Waals surface area contributed by atoms with Crippen molar-refractivity contribution in [2.24, 2.45) is 11.5 Å². The fraction of sp³-hybridized carbons (Fsp3) is 0.478. The number of carboxylic acids is 1. The van der Waals surface area contributed by atoms with Crippen LogP contribution >= 0.6 is 0 Å². The van der Waals surface area contributed by atoms with Gasteiger partial charge < -0.3 is 42.6 Å². The van der Waals surface area contributed by atoms with E-state index in [1.54, 1.807) is 6.20 Å². The molecular weight excluding hydrogens is 456 g/mol. The van der Waals surface area contributed by atoms with Gasteiger partial charge in [-0.05, 0) is 37.9 Å². The summed E-state index contributed by atoms with van der Waals surface area (Å²) in [5.41, 5.74) is 12.9. The maximum atomic E-state index is 12.9. The summed E-state index contributed by atoms with van der Waals surface area (Å²) in [6.45, 7) is 1.13. The normalized spacial score (nSPS) is 14.5. The highest BCUT2D eigenvalue weighted by atomic mass is 16.4. The first-order valence-corrected chi connectivity index (χ1v) is 11.4. The van der Waals surface area contributed by atoms with Gasteiger partial charge in [-0.2, -0.15) is 0 Å². The van der Waals surface area contributed by atoms with Gasteiger partial charge in [-0.1, -0.05) is 24.6 Å². The molecule has 0 aliphatic heterocycles. The number of amides is 3. The summed E-state index contributed by atoms with van der Waals surface area (Å²) in [7, 11) is 0. The van der Waals surface area contributed by atoms with E-state index in [4.69, 9.17) is 16.6 Å². The number of benzene rings is 1. The highest BCUT2D eigenvalue weighted by Crippen LogP contribution is 2.19. The number of aromatic amines is 1. The number of hydrogen-bond donors (Lipinski definition) is 8. The maximum Gasteiger partial charge on any atom is 0.328 e. The molecule has 12 heteroatoms. The van der Waals surface area contributed by atoms with E-state index in [0.717, 1.165) is 22.9 Å². The van der Waals surface area contributed by atoms with Crippen LogP contribution in [0.5, 0.6) is 0 Å². The molecule has 192 valence electrons. The zero-order chi connectivity index (χ0) is 26.0. The van der Waals surface area contributed by atoms with Gasteiger partial charge in [-0.3, -0.25) is 14.4 Å². The van der Waals surface area contributed by atoms with Crippen LogP contribution in [0.15, 0.2) is 30.5 Å². The molecule has 0 aliphatic carbocycles. The lowest BCUT2D eigenvalue weighted by molar-refractivity contribution is -0.143. The molecule has 0 saturated heterocycles. The van der Waals surface area contributed by atoms with E-state index in [9.17, 15) is 24.3 Å². The van der Waals surface area contributed by atoms with Crippen molar-refractivity contribution in [1.82, 2.24) is 20.9 Å². The Labute approximate surface area is 202 Å². The number of carbonyl (C=O) groups is 4. The fourth-order valence-corrected chi connectivity index (χ4v) is 3.51. The van der Waals surface area contributed by atoms with Gasteiger partial charge in [-0.15, -0.1) is 0 Å². The van der Waals surface area contributed by atoms with Crippen molar-refractivity contribution in [3.05, 3.63) is 36.0 Å². The van der Waals surface area contributed by atoms with Crippen LogP contribution in [0.4, 0.5) is 0 Å². The molecule has 35 heavy (non-hydrogen) atoms. The Balaban J connectivity index is 2.13. The molecular formula is C23H34N6O6. The topological polar surface area (TPSA) is 213 Å². The van der Waals surface area contributed by atoms with E-state index in [-0.39, 0.29) is 6.42 Å². The number of fused-ring (bicyclic) bond motifs is 1. The Kier molecular flexibility index (Phi) is 10.6.